The molecule has 0 spiro atoms. The highest BCUT2D eigenvalue weighted by molar-refractivity contribution is 5.85. The summed E-state index contributed by atoms with van der Waals surface area (Å²) in [5.74, 6) is -1.80. The van der Waals surface area contributed by atoms with Crippen LogP contribution >= 0.6 is 0 Å². The molecule has 3 unspecified atom stereocenters. The third-order valence-corrected chi connectivity index (χ3v) is 4.08. The first kappa shape index (κ1) is 15.0. The average Bonchev–Trinajstić information content (AvgIpc) is 2.27. The fourth-order valence-electron chi connectivity index (χ4n) is 2.28. The maximum absolute atomic E-state index is 12.2. The summed E-state index contributed by atoms with van der Waals surface area (Å²) in [6.07, 6.45) is 3.18. The van der Waals surface area contributed by atoms with Crippen molar-refractivity contribution in [1.82, 2.24) is 5.32 Å². The van der Waals surface area contributed by atoms with E-state index in [0.29, 0.717) is 12.8 Å². The third-order valence-electron chi connectivity index (χ3n) is 4.08. The lowest BCUT2D eigenvalue weighted by atomic mass is 9.78. The first-order chi connectivity index (χ1) is 8.23. The molecule has 0 aliphatic heterocycles. The summed E-state index contributed by atoms with van der Waals surface area (Å²) >= 11 is 0. The molecule has 3 atom stereocenters. The Morgan fingerprint density at radius 3 is 2.11 bits per heavy atom. The first-order valence-electron chi connectivity index (χ1n) is 6.76. The van der Waals surface area contributed by atoms with Gasteiger partial charge in [0.25, 0.3) is 0 Å². The van der Waals surface area contributed by atoms with Gasteiger partial charge in [-0.1, -0.05) is 33.6 Å². The topological polar surface area (TPSA) is 66.4 Å². The number of carbonyl (C=O) groups excluding carboxylic acids is 1. The number of nitrogens with one attached hydrogen (secondary N) is 1. The molecule has 1 fully saturated rings. The van der Waals surface area contributed by atoms with Crippen LogP contribution in [0.15, 0.2) is 0 Å². The van der Waals surface area contributed by atoms with Gasteiger partial charge in [-0.15, -0.1) is 0 Å². The van der Waals surface area contributed by atoms with Crippen molar-refractivity contribution in [3.63, 3.8) is 0 Å². The van der Waals surface area contributed by atoms with E-state index < -0.39 is 11.9 Å². The van der Waals surface area contributed by atoms with Crippen molar-refractivity contribution in [1.29, 1.82) is 0 Å². The minimum absolute atomic E-state index is 0.0109. The van der Waals surface area contributed by atoms with Crippen molar-refractivity contribution in [2.75, 3.05) is 0 Å². The van der Waals surface area contributed by atoms with Crippen LogP contribution in [-0.2, 0) is 9.59 Å². The van der Waals surface area contributed by atoms with Gasteiger partial charge in [-0.25, -0.2) is 0 Å². The van der Waals surface area contributed by atoms with E-state index >= 15 is 0 Å². The summed E-state index contributed by atoms with van der Waals surface area (Å²) in [5, 5.41) is 12.1. The monoisotopic (exact) mass is 255 g/mol. The van der Waals surface area contributed by atoms with Crippen LogP contribution in [0.3, 0.4) is 0 Å². The minimum atomic E-state index is -0.835. The lowest BCUT2D eigenvalue weighted by molar-refractivity contribution is -0.149. The van der Waals surface area contributed by atoms with Crippen LogP contribution in [0.25, 0.3) is 0 Å². The molecule has 2 N–H and O–H groups in total. The minimum Gasteiger partial charge on any atom is -0.481 e. The molecule has 0 radical (unpaired) electrons. The SMILES string of the molecule is CC(NC(=O)C1CCCCC1C(=O)O)C(C)(C)C. The molecule has 0 saturated heterocycles. The number of rotatable bonds is 3. The van der Waals surface area contributed by atoms with Gasteiger partial charge >= 0.3 is 5.97 Å². The third kappa shape index (κ3) is 3.72. The van der Waals surface area contributed by atoms with Crippen LogP contribution in [0.2, 0.25) is 0 Å². The summed E-state index contributed by atoms with van der Waals surface area (Å²) in [4.78, 5) is 23.4. The van der Waals surface area contributed by atoms with E-state index in [-0.39, 0.29) is 23.3 Å². The van der Waals surface area contributed by atoms with Crippen molar-refractivity contribution in [3.05, 3.63) is 0 Å². The second-order valence-electron chi connectivity index (χ2n) is 6.43. The largest absolute Gasteiger partial charge is 0.481 e. The number of carboxylic acid groups (broad SMARTS) is 1. The Kier molecular flexibility index (Phi) is 4.77. The quantitative estimate of drug-likeness (QED) is 0.814. The second kappa shape index (κ2) is 5.72. The van der Waals surface area contributed by atoms with Gasteiger partial charge in [0.1, 0.15) is 0 Å². The number of carboxylic acids is 1. The van der Waals surface area contributed by atoms with Gasteiger partial charge in [-0.3, -0.25) is 9.59 Å². The maximum Gasteiger partial charge on any atom is 0.307 e. The van der Waals surface area contributed by atoms with Crippen molar-refractivity contribution in [3.8, 4) is 0 Å². The normalized spacial score (nSPS) is 26.4. The average molecular weight is 255 g/mol. The highest BCUT2D eigenvalue weighted by Crippen LogP contribution is 2.31. The van der Waals surface area contributed by atoms with Gasteiger partial charge in [0.15, 0.2) is 0 Å². The molecule has 4 heteroatoms. The Morgan fingerprint density at radius 1 is 1.17 bits per heavy atom. The van der Waals surface area contributed by atoms with Crippen molar-refractivity contribution in [2.45, 2.75) is 59.4 Å². The van der Waals surface area contributed by atoms with E-state index in [9.17, 15) is 14.7 Å². The van der Waals surface area contributed by atoms with Gasteiger partial charge in [0, 0.05) is 6.04 Å². The molecule has 1 aliphatic carbocycles. The van der Waals surface area contributed by atoms with Gasteiger partial charge in [-0.05, 0) is 25.2 Å². The molecule has 0 aromatic rings. The van der Waals surface area contributed by atoms with Crippen LogP contribution < -0.4 is 5.32 Å². The highest BCUT2D eigenvalue weighted by atomic mass is 16.4. The Hall–Kier alpha value is -1.06. The summed E-state index contributed by atoms with van der Waals surface area (Å²) in [7, 11) is 0. The van der Waals surface area contributed by atoms with E-state index in [0.717, 1.165) is 12.8 Å². The van der Waals surface area contributed by atoms with Gasteiger partial charge < -0.3 is 10.4 Å². The smallest absolute Gasteiger partial charge is 0.307 e. The van der Waals surface area contributed by atoms with Gasteiger partial charge in [0.2, 0.25) is 5.91 Å². The second-order valence-corrected chi connectivity index (χ2v) is 6.43. The number of hydrogen-bond donors (Lipinski definition) is 2. The molecule has 104 valence electrons. The molecule has 0 aromatic heterocycles. The zero-order chi connectivity index (χ0) is 13.9. The van der Waals surface area contributed by atoms with E-state index in [1.165, 1.54) is 0 Å². The van der Waals surface area contributed by atoms with Crippen molar-refractivity contribution in [2.24, 2.45) is 17.3 Å². The molecule has 4 nitrogen and oxygen atoms in total. The molecule has 18 heavy (non-hydrogen) atoms. The van der Waals surface area contributed by atoms with Crippen molar-refractivity contribution >= 4 is 11.9 Å². The van der Waals surface area contributed by atoms with Gasteiger partial charge in [-0.2, -0.15) is 0 Å². The summed E-state index contributed by atoms with van der Waals surface area (Å²) in [5.41, 5.74) is -0.0109. The predicted octanol–water partition coefficient (Wildman–Crippen LogP) is 2.43. The summed E-state index contributed by atoms with van der Waals surface area (Å²) in [6, 6.07) is 0.0429. The number of carbonyl (C=O) groups is 2. The Morgan fingerprint density at radius 2 is 1.67 bits per heavy atom. The van der Waals surface area contributed by atoms with E-state index in [1.54, 1.807) is 0 Å². The van der Waals surface area contributed by atoms with Crippen LogP contribution in [0, 0.1) is 17.3 Å². The zero-order valence-corrected chi connectivity index (χ0v) is 11.8. The molecule has 1 rings (SSSR count). The molecular formula is C14H25NO3. The Labute approximate surface area is 109 Å². The van der Waals surface area contributed by atoms with Gasteiger partial charge in [0.05, 0.1) is 11.8 Å². The Balaban J connectivity index is 2.67. The van der Waals surface area contributed by atoms with Crippen LogP contribution in [0.5, 0.6) is 0 Å². The highest BCUT2D eigenvalue weighted by Gasteiger charge is 2.36. The molecule has 0 bridgehead atoms. The predicted molar refractivity (Wildman–Crippen MR) is 70.1 cm³/mol. The molecule has 1 saturated carbocycles. The number of aliphatic carboxylic acids is 1. The fraction of sp³-hybridized carbons (Fsp3) is 0.857. The molecule has 1 aliphatic rings. The number of amides is 1. The fourth-order valence-corrected chi connectivity index (χ4v) is 2.28. The Bertz CT molecular complexity index is 319. The van der Waals surface area contributed by atoms with E-state index in [1.807, 2.05) is 6.92 Å². The summed E-state index contributed by atoms with van der Waals surface area (Å²) < 4.78 is 0. The van der Waals surface area contributed by atoms with Crippen LogP contribution in [0.1, 0.15) is 53.4 Å². The van der Waals surface area contributed by atoms with Crippen LogP contribution in [-0.4, -0.2) is 23.0 Å². The standard InChI is InChI=1S/C14H25NO3/c1-9(14(2,3)4)15-12(16)10-7-5-6-8-11(10)13(17)18/h9-11H,5-8H2,1-4H3,(H,15,16)(H,17,18). The van der Waals surface area contributed by atoms with Crippen LogP contribution in [0.4, 0.5) is 0 Å². The lowest BCUT2D eigenvalue weighted by Crippen LogP contribution is -2.47. The zero-order valence-electron chi connectivity index (χ0n) is 11.8. The van der Waals surface area contributed by atoms with Crippen molar-refractivity contribution < 1.29 is 14.7 Å². The number of hydrogen-bond acceptors (Lipinski definition) is 2. The van der Waals surface area contributed by atoms with E-state index in [4.69, 9.17) is 0 Å². The molecule has 0 heterocycles. The van der Waals surface area contributed by atoms with E-state index in [2.05, 4.69) is 26.1 Å². The summed E-state index contributed by atoms with van der Waals surface area (Å²) in [6.45, 7) is 8.16. The molecular weight excluding hydrogens is 230 g/mol. The maximum atomic E-state index is 12.2. The molecule has 1 amide bonds. The first-order valence-corrected chi connectivity index (χ1v) is 6.76. The molecule has 0 aromatic carbocycles. The lowest BCUT2D eigenvalue weighted by Gasteiger charge is -2.32.